The first-order valence-corrected chi connectivity index (χ1v) is 15.0. The van der Waals surface area contributed by atoms with Crippen molar-refractivity contribution in [3.63, 3.8) is 0 Å². The number of para-hydroxylation sites is 2. The van der Waals surface area contributed by atoms with Crippen LogP contribution in [0.1, 0.15) is 69.4 Å². The van der Waals surface area contributed by atoms with Crippen LogP contribution in [0.4, 0.5) is 11.4 Å². The Morgan fingerprint density at radius 2 is 1.62 bits per heavy atom. The van der Waals surface area contributed by atoms with Gasteiger partial charge in [0.05, 0.1) is 11.8 Å². The highest BCUT2D eigenvalue weighted by Gasteiger charge is 2.48. The number of hydrogen-bond donors (Lipinski definition) is 2. The van der Waals surface area contributed by atoms with E-state index in [0.717, 1.165) is 49.2 Å². The molecule has 5 rings (SSSR count). The fourth-order valence-corrected chi connectivity index (χ4v) is 7.34. The topological polar surface area (TPSA) is 80.9 Å². The summed E-state index contributed by atoms with van der Waals surface area (Å²) in [5, 5.41) is 18.9. The summed E-state index contributed by atoms with van der Waals surface area (Å²) in [4.78, 5) is 25.2. The van der Waals surface area contributed by atoms with Crippen LogP contribution in [0.2, 0.25) is 0 Å². The standard InChI is InChI=1S/C36H40N2O4/c1-3-22-35(2)27-14-8-10-16-29(27)37(25-20-33(39)40)31(35)18-6-4-7-19-32-36(23-12-5-13-24-36)28-15-9-11-17-30(28)38(32)26-21-34(41)42/h3-4,6-11,14-19H,1,5,12-13,20-26H2,2H3,(H-,39,40,41,42)/p+1. The quantitative estimate of drug-likeness (QED) is 0.170. The van der Waals surface area contributed by atoms with Crippen LogP contribution in [0.25, 0.3) is 0 Å². The lowest BCUT2D eigenvalue weighted by atomic mass is 9.68. The van der Waals surface area contributed by atoms with E-state index in [4.69, 9.17) is 0 Å². The Morgan fingerprint density at radius 1 is 0.929 bits per heavy atom. The molecule has 0 saturated heterocycles. The maximum Gasteiger partial charge on any atom is 0.309 e. The van der Waals surface area contributed by atoms with Crippen molar-refractivity contribution in [3.05, 3.63) is 108 Å². The first kappa shape index (κ1) is 29.3. The number of allylic oxidation sites excluding steroid dienone is 7. The minimum Gasteiger partial charge on any atom is -0.481 e. The number of carbonyl (C=O) groups is 2. The molecule has 2 heterocycles. The largest absolute Gasteiger partial charge is 0.481 e. The van der Waals surface area contributed by atoms with Crippen LogP contribution >= 0.6 is 0 Å². The van der Waals surface area contributed by atoms with Gasteiger partial charge in [-0.1, -0.05) is 80.0 Å². The molecular weight excluding hydrogens is 524 g/mol. The van der Waals surface area contributed by atoms with Gasteiger partial charge in [-0.25, -0.2) is 0 Å². The molecule has 1 saturated carbocycles. The summed E-state index contributed by atoms with van der Waals surface area (Å²) in [5.74, 6) is -1.61. The maximum absolute atomic E-state index is 11.5. The van der Waals surface area contributed by atoms with Gasteiger partial charge in [0.25, 0.3) is 0 Å². The molecular formula is C36H41N2O4+. The minimum atomic E-state index is -0.818. The van der Waals surface area contributed by atoms with Crippen molar-refractivity contribution < 1.29 is 24.4 Å². The summed E-state index contributed by atoms with van der Waals surface area (Å²) in [6.45, 7) is 7.04. The summed E-state index contributed by atoms with van der Waals surface area (Å²) in [7, 11) is 0. The molecule has 1 aliphatic carbocycles. The van der Waals surface area contributed by atoms with Gasteiger partial charge in [0.15, 0.2) is 12.3 Å². The third-order valence-corrected chi connectivity index (χ3v) is 9.23. The van der Waals surface area contributed by atoms with Crippen molar-refractivity contribution in [1.82, 2.24) is 0 Å². The number of carboxylic acids is 2. The van der Waals surface area contributed by atoms with E-state index in [2.05, 4.69) is 71.5 Å². The van der Waals surface area contributed by atoms with Crippen molar-refractivity contribution >= 4 is 29.0 Å². The second-order valence-electron chi connectivity index (χ2n) is 11.8. The van der Waals surface area contributed by atoms with E-state index in [1.165, 1.54) is 23.2 Å². The zero-order valence-electron chi connectivity index (χ0n) is 24.5. The monoisotopic (exact) mass is 565 g/mol. The van der Waals surface area contributed by atoms with Crippen molar-refractivity contribution in [2.24, 2.45) is 0 Å². The van der Waals surface area contributed by atoms with E-state index < -0.39 is 11.9 Å². The first-order chi connectivity index (χ1) is 20.3. The summed E-state index contributed by atoms with van der Waals surface area (Å²) in [6, 6.07) is 16.7. The smallest absolute Gasteiger partial charge is 0.309 e. The molecule has 2 aliphatic heterocycles. The minimum absolute atomic E-state index is 0.0482. The molecule has 1 spiro atoms. The van der Waals surface area contributed by atoms with Gasteiger partial charge in [0, 0.05) is 41.1 Å². The Balaban J connectivity index is 1.50. The number of aliphatic carboxylic acids is 2. The van der Waals surface area contributed by atoms with Crippen molar-refractivity contribution in [2.75, 3.05) is 18.0 Å². The van der Waals surface area contributed by atoms with Gasteiger partial charge < -0.3 is 15.1 Å². The van der Waals surface area contributed by atoms with Gasteiger partial charge in [-0.3, -0.25) is 9.59 Å². The molecule has 6 nitrogen and oxygen atoms in total. The Hall–Kier alpha value is -4.19. The molecule has 0 bridgehead atoms. The van der Waals surface area contributed by atoms with Crippen LogP contribution in [0.15, 0.2) is 97.3 Å². The maximum atomic E-state index is 11.5. The Morgan fingerprint density at radius 3 is 2.33 bits per heavy atom. The van der Waals surface area contributed by atoms with Gasteiger partial charge in [-0.2, -0.15) is 4.58 Å². The molecule has 1 unspecified atom stereocenters. The van der Waals surface area contributed by atoms with E-state index in [1.54, 1.807) is 0 Å². The number of benzene rings is 2. The lowest BCUT2D eigenvalue weighted by Gasteiger charge is -2.37. The lowest BCUT2D eigenvalue weighted by Crippen LogP contribution is -2.34. The highest BCUT2D eigenvalue weighted by molar-refractivity contribution is 6.03. The Labute approximate surface area is 248 Å². The molecule has 6 heteroatoms. The molecule has 2 aromatic rings. The lowest BCUT2D eigenvalue weighted by molar-refractivity contribution is -0.436. The molecule has 42 heavy (non-hydrogen) atoms. The van der Waals surface area contributed by atoms with E-state index in [0.29, 0.717) is 13.1 Å². The second kappa shape index (κ2) is 12.4. The van der Waals surface area contributed by atoms with Crippen LogP contribution in [-0.4, -0.2) is 45.5 Å². The Kier molecular flexibility index (Phi) is 8.62. The molecule has 2 N–H and O–H groups in total. The number of fused-ring (bicyclic) bond motifs is 3. The number of rotatable bonds is 11. The zero-order valence-corrected chi connectivity index (χ0v) is 24.5. The highest BCUT2D eigenvalue weighted by Crippen LogP contribution is 2.55. The normalized spacial score (nSPS) is 21.9. The summed E-state index contributed by atoms with van der Waals surface area (Å²) < 4.78 is 2.13. The third kappa shape index (κ3) is 5.38. The molecule has 3 aliphatic rings. The second-order valence-corrected chi connectivity index (χ2v) is 11.8. The van der Waals surface area contributed by atoms with Crippen LogP contribution in [0.3, 0.4) is 0 Å². The molecule has 0 aromatic heterocycles. The fraction of sp³-hybridized carbons (Fsp3) is 0.361. The van der Waals surface area contributed by atoms with Gasteiger partial charge in [-0.05, 0) is 43.9 Å². The summed E-state index contributed by atoms with van der Waals surface area (Å²) in [6.07, 6.45) is 18.9. The number of nitrogens with zero attached hydrogens (tertiary/aromatic N) is 2. The summed E-state index contributed by atoms with van der Waals surface area (Å²) in [5.41, 5.74) is 6.52. The average molecular weight is 566 g/mol. The Bertz CT molecular complexity index is 1490. The average Bonchev–Trinajstić information content (AvgIpc) is 3.36. The molecule has 2 aromatic carbocycles. The van der Waals surface area contributed by atoms with Crippen molar-refractivity contribution in [3.8, 4) is 0 Å². The van der Waals surface area contributed by atoms with Crippen LogP contribution < -0.4 is 4.90 Å². The number of carboxylic acid groups (broad SMARTS) is 2. The fourth-order valence-electron chi connectivity index (χ4n) is 7.34. The SMILES string of the molecule is C=CCC1(C)C(/C=C/C=C/C=C2/N(CCC(=O)O)c3ccccc3C23CCCCC3)=[N+](CCC(=O)O)c2ccccc21. The highest BCUT2D eigenvalue weighted by atomic mass is 16.4. The molecule has 1 atom stereocenters. The molecule has 0 radical (unpaired) electrons. The van der Waals surface area contributed by atoms with Crippen LogP contribution in [0.5, 0.6) is 0 Å². The van der Waals surface area contributed by atoms with E-state index >= 15 is 0 Å². The van der Waals surface area contributed by atoms with Crippen LogP contribution in [-0.2, 0) is 20.4 Å². The summed E-state index contributed by atoms with van der Waals surface area (Å²) >= 11 is 0. The first-order valence-electron chi connectivity index (χ1n) is 15.0. The molecule has 218 valence electrons. The van der Waals surface area contributed by atoms with E-state index in [1.807, 2.05) is 36.4 Å². The van der Waals surface area contributed by atoms with E-state index in [9.17, 15) is 19.8 Å². The van der Waals surface area contributed by atoms with Crippen molar-refractivity contribution in [2.45, 2.75) is 69.1 Å². The molecule has 1 fully saturated rings. The van der Waals surface area contributed by atoms with Gasteiger partial charge in [0.2, 0.25) is 5.69 Å². The predicted molar refractivity (Wildman–Crippen MR) is 168 cm³/mol. The number of anilines is 1. The third-order valence-electron chi connectivity index (χ3n) is 9.23. The predicted octanol–water partition coefficient (Wildman–Crippen LogP) is 7.29. The van der Waals surface area contributed by atoms with Crippen molar-refractivity contribution in [1.29, 1.82) is 0 Å². The van der Waals surface area contributed by atoms with Crippen LogP contribution in [0, 0.1) is 0 Å². The van der Waals surface area contributed by atoms with E-state index in [-0.39, 0.29) is 23.7 Å². The van der Waals surface area contributed by atoms with Gasteiger partial charge >= 0.3 is 11.9 Å². The zero-order chi connectivity index (χ0) is 29.7. The van der Waals surface area contributed by atoms with Gasteiger partial charge in [0.1, 0.15) is 6.42 Å². The molecule has 0 amide bonds. The van der Waals surface area contributed by atoms with Gasteiger partial charge in [-0.15, -0.1) is 6.58 Å². The number of hydrogen-bond acceptors (Lipinski definition) is 3.